The van der Waals surface area contributed by atoms with Crippen LogP contribution in [0.5, 0.6) is 0 Å². The first-order valence-corrected chi connectivity index (χ1v) is 7.55. The molecule has 0 fully saturated rings. The SMILES string of the molecule is ClCCn1c(-c2ccccc2)c[n+]2c3ccccc3[nH]c12.[Cl-]. The number of para-hydroxylation sites is 2. The molecule has 0 radical (unpaired) electrons. The summed E-state index contributed by atoms with van der Waals surface area (Å²) in [5.74, 6) is 1.65. The predicted molar refractivity (Wildman–Crippen MR) is 85.6 cm³/mol. The van der Waals surface area contributed by atoms with Crippen LogP contribution in [0.2, 0.25) is 0 Å². The minimum Gasteiger partial charge on any atom is -1.00 e. The molecule has 0 aliphatic heterocycles. The molecule has 22 heavy (non-hydrogen) atoms. The number of nitrogens with zero attached hydrogens (tertiary/aromatic N) is 2. The molecule has 0 aliphatic rings. The van der Waals surface area contributed by atoms with Crippen molar-refractivity contribution in [3.63, 3.8) is 0 Å². The van der Waals surface area contributed by atoms with Gasteiger partial charge in [-0.1, -0.05) is 42.5 Å². The highest BCUT2D eigenvalue weighted by molar-refractivity contribution is 6.17. The molecule has 2 aromatic heterocycles. The fourth-order valence-electron chi connectivity index (χ4n) is 2.87. The fraction of sp³-hybridized carbons (Fsp3) is 0.118. The van der Waals surface area contributed by atoms with E-state index in [1.807, 2.05) is 12.1 Å². The number of alkyl halides is 1. The molecule has 2 aromatic carbocycles. The Hall–Kier alpha value is -1.97. The summed E-state index contributed by atoms with van der Waals surface area (Å²) in [6.45, 7) is 0.773. The van der Waals surface area contributed by atoms with E-state index in [0.29, 0.717) is 5.88 Å². The number of benzene rings is 2. The van der Waals surface area contributed by atoms with Gasteiger partial charge in [0.05, 0.1) is 12.4 Å². The topological polar surface area (TPSA) is 24.8 Å². The van der Waals surface area contributed by atoms with E-state index in [2.05, 4.69) is 62.6 Å². The molecule has 0 bridgehead atoms. The number of aryl methyl sites for hydroxylation is 1. The number of aromatic amines is 1. The Morgan fingerprint density at radius 2 is 1.73 bits per heavy atom. The van der Waals surface area contributed by atoms with E-state index in [1.165, 1.54) is 16.8 Å². The second kappa shape index (κ2) is 6.03. The summed E-state index contributed by atoms with van der Waals surface area (Å²) in [5.41, 5.74) is 4.69. The standard InChI is InChI=1S/C17H14ClN3.ClH/c18-10-11-20-16(13-6-2-1-3-7-13)12-21-15-9-5-4-8-14(15)19-17(20)21;/h1-9,12H,10-11H2;1H. The van der Waals surface area contributed by atoms with Gasteiger partial charge in [-0.15, -0.1) is 11.6 Å². The molecule has 0 saturated carbocycles. The van der Waals surface area contributed by atoms with Crippen LogP contribution >= 0.6 is 11.6 Å². The Balaban J connectivity index is 0.00000144. The smallest absolute Gasteiger partial charge is 0.368 e. The third kappa shape index (κ3) is 2.27. The summed E-state index contributed by atoms with van der Waals surface area (Å²) in [5, 5.41) is 0. The van der Waals surface area contributed by atoms with E-state index >= 15 is 0 Å². The number of H-pyrrole nitrogens is 1. The van der Waals surface area contributed by atoms with Crippen molar-refractivity contribution in [2.75, 3.05) is 5.88 Å². The van der Waals surface area contributed by atoms with Gasteiger partial charge < -0.3 is 12.4 Å². The molecule has 4 rings (SSSR count). The van der Waals surface area contributed by atoms with Crippen LogP contribution in [0, 0.1) is 0 Å². The van der Waals surface area contributed by atoms with Crippen LogP contribution in [-0.2, 0) is 6.54 Å². The molecule has 112 valence electrons. The average Bonchev–Trinajstić information content (AvgIpc) is 3.06. The molecular formula is C17H15Cl2N3. The summed E-state index contributed by atoms with van der Waals surface area (Å²) in [7, 11) is 0. The van der Waals surface area contributed by atoms with E-state index in [9.17, 15) is 0 Å². The number of imidazole rings is 2. The zero-order valence-corrected chi connectivity index (χ0v) is 13.3. The Kier molecular flexibility index (Phi) is 4.10. The first-order valence-electron chi connectivity index (χ1n) is 7.01. The zero-order valence-electron chi connectivity index (χ0n) is 11.8. The van der Waals surface area contributed by atoms with Crippen molar-refractivity contribution in [3.05, 3.63) is 60.8 Å². The summed E-state index contributed by atoms with van der Waals surface area (Å²) in [6.07, 6.45) is 2.18. The first kappa shape index (κ1) is 14.9. The average molecular weight is 332 g/mol. The molecule has 1 N–H and O–H groups in total. The highest BCUT2D eigenvalue weighted by Crippen LogP contribution is 2.22. The lowest BCUT2D eigenvalue weighted by atomic mass is 10.2. The Morgan fingerprint density at radius 1 is 1.00 bits per heavy atom. The van der Waals surface area contributed by atoms with E-state index < -0.39 is 0 Å². The minimum atomic E-state index is 0. The van der Waals surface area contributed by atoms with Crippen LogP contribution in [0.15, 0.2) is 60.8 Å². The summed E-state index contributed by atoms with van der Waals surface area (Å²) in [4.78, 5) is 3.49. The van der Waals surface area contributed by atoms with Gasteiger partial charge >= 0.3 is 5.78 Å². The van der Waals surface area contributed by atoms with Crippen molar-refractivity contribution in [1.82, 2.24) is 9.55 Å². The van der Waals surface area contributed by atoms with E-state index in [0.717, 1.165) is 17.8 Å². The molecule has 0 saturated heterocycles. The van der Waals surface area contributed by atoms with Crippen molar-refractivity contribution in [2.24, 2.45) is 0 Å². The van der Waals surface area contributed by atoms with Gasteiger partial charge in [-0.05, 0) is 12.1 Å². The van der Waals surface area contributed by atoms with Crippen molar-refractivity contribution in [2.45, 2.75) is 6.54 Å². The molecule has 0 amide bonds. The lowest BCUT2D eigenvalue weighted by molar-refractivity contribution is -0.479. The van der Waals surface area contributed by atoms with Crippen molar-refractivity contribution >= 4 is 28.4 Å². The van der Waals surface area contributed by atoms with Crippen LogP contribution < -0.4 is 16.8 Å². The van der Waals surface area contributed by atoms with Crippen molar-refractivity contribution in [3.8, 4) is 11.3 Å². The molecule has 0 aliphatic carbocycles. The van der Waals surface area contributed by atoms with Gasteiger partial charge in [0.2, 0.25) is 0 Å². The molecule has 4 aromatic rings. The largest absolute Gasteiger partial charge is 1.00 e. The third-order valence-electron chi connectivity index (χ3n) is 3.81. The van der Waals surface area contributed by atoms with Crippen LogP contribution in [0.1, 0.15) is 0 Å². The first-order chi connectivity index (χ1) is 10.4. The number of hydrogen-bond acceptors (Lipinski definition) is 0. The van der Waals surface area contributed by atoms with Gasteiger partial charge in [0.25, 0.3) is 0 Å². The maximum Gasteiger partial charge on any atom is 0.368 e. The zero-order chi connectivity index (χ0) is 14.2. The maximum absolute atomic E-state index is 6.01. The number of halogens is 2. The van der Waals surface area contributed by atoms with Crippen LogP contribution in [0.3, 0.4) is 0 Å². The lowest BCUT2D eigenvalue weighted by Gasteiger charge is -2.01. The Labute approximate surface area is 139 Å². The monoisotopic (exact) mass is 331 g/mol. The summed E-state index contributed by atoms with van der Waals surface area (Å²) >= 11 is 6.01. The lowest BCUT2D eigenvalue weighted by Crippen LogP contribution is -3.00. The van der Waals surface area contributed by atoms with Gasteiger partial charge in [-0.3, -0.25) is 0 Å². The van der Waals surface area contributed by atoms with E-state index in [-0.39, 0.29) is 12.4 Å². The van der Waals surface area contributed by atoms with Gasteiger partial charge in [-0.25, -0.2) is 9.55 Å². The Morgan fingerprint density at radius 3 is 2.50 bits per heavy atom. The third-order valence-corrected chi connectivity index (χ3v) is 3.98. The molecule has 3 nitrogen and oxygen atoms in total. The van der Waals surface area contributed by atoms with Crippen LogP contribution in [0.4, 0.5) is 0 Å². The number of nitrogens with one attached hydrogen (secondary N) is 1. The van der Waals surface area contributed by atoms with Gasteiger partial charge in [0.15, 0.2) is 0 Å². The van der Waals surface area contributed by atoms with Gasteiger partial charge in [-0.2, -0.15) is 4.40 Å². The number of fused-ring (bicyclic) bond motifs is 3. The Bertz CT molecular complexity index is 910. The van der Waals surface area contributed by atoms with E-state index in [1.54, 1.807) is 0 Å². The normalized spacial score (nSPS) is 11.0. The molecule has 5 heteroatoms. The molecule has 2 heterocycles. The number of hydrogen-bond donors (Lipinski definition) is 1. The molecule has 0 atom stereocenters. The molecular weight excluding hydrogens is 317 g/mol. The second-order valence-corrected chi connectivity index (χ2v) is 5.43. The van der Waals surface area contributed by atoms with Crippen molar-refractivity contribution < 1.29 is 16.8 Å². The quantitative estimate of drug-likeness (QED) is 0.420. The predicted octanol–water partition coefficient (Wildman–Crippen LogP) is 0.618. The molecule has 0 unspecified atom stereocenters. The highest BCUT2D eigenvalue weighted by Gasteiger charge is 2.21. The number of rotatable bonds is 3. The molecule has 0 spiro atoms. The highest BCUT2D eigenvalue weighted by atomic mass is 35.5. The van der Waals surface area contributed by atoms with Crippen LogP contribution in [0.25, 0.3) is 28.1 Å². The van der Waals surface area contributed by atoms with Crippen LogP contribution in [-0.4, -0.2) is 15.4 Å². The fourth-order valence-corrected chi connectivity index (χ4v) is 3.04. The van der Waals surface area contributed by atoms with Crippen molar-refractivity contribution in [1.29, 1.82) is 0 Å². The van der Waals surface area contributed by atoms with Gasteiger partial charge in [0.1, 0.15) is 22.9 Å². The summed E-state index contributed by atoms with van der Waals surface area (Å²) in [6, 6.07) is 18.7. The maximum atomic E-state index is 6.01. The number of aromatic nitrogens is 3. The van der Waals surface area contributed by atoms with E-state index in [4.69, 9.17) is 11.6 Å². The summed E-state index contributed by atoms with van der Waals surface area (Å²) < 4.78 is 4.44. The second-order valence-electron chi connectivity index (χ2n) is 5.06. The minimum absolute atomic E-state index is 0. The van der Waals surface area contributed by atoms with Gasteiger partial charge in [0, 0.05) is 5.56 Å².